The van der Waals surface area contributed by atoms with Gasteiger partial charge >= 0.3 is 0 Å². The number of hydrogen-bond acceptors (Lipinski definition) is 4. The fraction of sp³-hybridized carbons (Fsp3) is 0.227. The van der Waals surface area contributed by atoms with Gasteiger partial charge in [-0.3, -0.25) is 0 Å². The van der Waals surface area contributed by atoms with E-state index in [4.69, 9.17) is 14.1 Å². The second kappa shape index (κ2) is 7.58. The van der Waals surface area contributed by atoms with Gasteiger partial charge in [0.1, 0.15) is 11.5 Å². The van der Waals surface area contributed by atoms with Crippen LogP contribution in [0.4, 0.5) is 5.95 Å². The Labute approximate surface area is 158 Å². The van der Waals surface area contributed by atoms with Gasteiger partial charge in [-0.15, -0.1) is 0 Å². The van der Waals surface area contributed by atoms with Crippen molar-refractivity contribution in [2.45, 2.75) is 26.4 Å². The first-order chi connectivity index (χ1) is 13.3. The smallest absolute Gasteiger partial charge is 0.204 e. The first-order valence-electron chi connectivity index (χ1n) is 9.15. The Balaban J connectivity index is 1.68. The van der Waals surface area contributed by atoms with E-state index in [2.05, 4.69) is 47.1 Å². The Bertz CT molecular complexity index is 1020. The number of aryl methyl sites for hydroxylation is 1. The van der Waals surface area contributed by atoms with Crippen molar-refractivity contribution in [1.29, 1.82) is 0 Å². The number of hydrogen-bond donors (Lipinski definition) is 1. The molecule has 27 heavy (non-hydrogen) atoms. The summed E-state index contributed by atoms with van der Waals surface area (Å²) >= 11 is 0. The molecule has 0 radical (unpaired) electrons. The minimum atomic E-state index is 0.597. The molecule has 2 heterocycles. The molecule has 138 valence electrons. The molecule has 2 aromatic heterocycles. The van der Waals surface area contributed by atoms with Gasteiger partial charge in [-0.1, -0.05) is 25.1 Å². The van der Waals surface area contributed by atoms with Crippen LogP contribution >= 0.6 is 0 Å². The lowest BCUT2D eigenvalue weighted by atomic mass is 10.1. The normalized spacial score (nSPS) is 11.0. The second-order valence-corrected chi connectivity index (χ2v) is 6.48. The van der Waals surface area contributed by atoms with E-state index in [1.54, 1.807) is 13.4 Å². The maximum absolute atomic E-state index is 5.44. The van der Waals surface area contributed by atoms with Crippen LogP contribution in [-0.2, 0) is 19.5 Å². The van der Waals surface area contributed by atoms with Gasteiger partial charge in [-0.2, -0.15) is 0 Å². The van der Waals surface area contributed by atoms with E-state index in [-0.39, 0.29) is 0 Å². The average Bonchev–Trinajstić information content (AvgIpc) is 3.34. The molecule has 0 spiro atoms. The molecule has 0 aliphatic carbocycles. The molecule has 0 saturated heterocycles. The van der Waals surface area contributed by atoms with Gasteiger partial charge in [0.05, 0.1) is 37.5 Å². The van der Waals surface area contributed by atoms with Gasteiger partial charge < -0.3 is 19.0 Å². The second-order valence-electron chi connectivity index (χ2n) is 6.48. The summed E-state index contributed by atoms with van der Waals surface area (Å²) in [6, 6.07) is 18.5. The number of nitrogens with zero attached hydrogens (tertiary/aromatic N) is 2. The third-order valence-corrected chi connectivity index (χ3v) is 4.72. The Kier molecular flexibility index (Phi) is 4.83. The summed E-state index contributed by atoms with van der Waals surface area (Å²) < 4.78 is 12.9. The number of anilines is 1. The molecule has 0 aliphatic heterocycles. The molecule has 5 nitrogen and oxygen atoms in total. The predicted octanol–water partition coefficient (Wildman–Crippen LogP) is 4.86. The van der Waals surface area contributed by atoms with Crippen LogP contribution in [0.25, 0.3) is 11.0 Å². The summed E-state index contributed by atoms with van der Waals surface area (Å²) in [6.07, 6.45) is 2.68. The predicted molar refractivity (Wildman–Crippen MR) is 107 cm³/mol. The highest BCUT2D eigenvalue weighted by molar-refractivity contribution is 5.79. The van der Waals surface area contributed by atoms with Gasteiger partial charge in [-0.05, 0) is 53.9 Å². The Morgan fingerprint density at radius 1 is 1.07 bits per heavy atom. The molecular formula is C22H23N3O2. The lowest BCUT2D eigenvalue weighted by molar-refractivity contribution is 0.414. The highest BCUT2D eigenvalue weighted by Gasteiger charge is 2.12. The van der Waals surface area contributed by atoms with E-state index in [0.29, 0.717) is 6.54 Å². The first-order valence-corrected chi connectivity index (χ1v) is 9.15. The van der Waals surface area contributed by atoms with E-state index >= 15 is 0 Å². The van der Waals surface area contributed by atoms with Crippen molar-refractivity contribution < 1.29 is 9.15 Å². The molecule has 0 fully saturated rings. The van der Waals surface area contributed by atoms with E-state index in [9.17, 15) is 0 Å². The van der Waals surface area contributed by atoms with Gasteiger partial charge in [0.2, 0.25) is 5.95 Å². The fourth-order valence-electron chi connectivity index (χ4n) is 3.18. The summed E-state index contributed by atoms with van der Waals surface area (Å²) in [6.45, 7) is 3.48. The highest BCUT2D eigenvalue weighted by atomic mass is 16.5. The molecule has 1 N–H and O–H groups in total. The van der Waals surface area contributed by atoms with Crippen molar-refractivity contribution in [1.82, 2.24) is 9.55 Å². The van der Waals surface area contributed by atoms with Gasteiger partial charge in [-0.25, -0.2) is 4.98 Å². The van der Waals surface area contributed by atoms with Crippen LogP contribution in [0.3, 0.4) is 0 Å². The zero-order chi connectivity index (χ0) is 18.6. The molecule has 4 rings (SSSR count). The summed E-state index contributed by atoms with van der Waals surface area (Å²) in [4.78, 5) is 4.84. The number of imidazole rings is 1. The molecule has 0 atom stereocenters. The number of furan rings is 1. The van der Waals surface area contributed by atoms with Crippen molar-refractivity contribution in [3.8, 4) is 5.75 Å². The number of fused-ring (bicyclic) bond motifs is 1. The quantitative estimate of drug-likeness (QED) is 0.511. The van der Waals surface area contributed by atoms with E-state index in [0.717, 1.165) is 41.5 Å². The molecule has 0 bridgehead atoms. The summed E-state index contributed by atoms with van der Waals surface area (Å²) in [7, 11) is 1.68. The SMILES string of the molecule is CCc1ccc2c(c1)nc(NCc1ccco1)n2Cc1ccc(OC)cc1. The molecular weight excluding hydrogens is 338 g/mol. The number of ether oxygens (including phenoxy) is 1. The van der Waals surface area contributed by atoms with Gasteiger partial charge in [0.25, 0.3) is 0 Å². The van der Waals surface area contributed by atoms with E-state index in [1.165, 1.54) is 11.1 Å². The molecule has 2 aromatic carbocycles. The van der Waals surface area contributed by atoms with Crippen molar-refractivity contribution in [2.24, 2.45) is 0 Å². The monoisotopic (exact) mass is 361 g/mol. The summed E-state index contributed by atoms with van der Waals surface area (Å²) in [5.41, 5.74) is 4.60. The minimum absolute atomic E-state index is 0.597. The number of methoxy groups -OCH3 is 1. The number of aromatic nitrogens is 2. The molecule has 5 heteroatoms. The Morgan fingerprint density at radius 3 is 2.59 bits per heavy atom. The molecule has 0 saturated carbocycles. The number of rotatable bonds is 7. The number of nitrogens with one attached hydrogen (secondary N) is 1. The van der Waals surface area contributed by atoms with Gasteiger partial charge in [0, 0.05) is 0 Å². The summed E-state index contributed by atoms with van der Waals surface area (Å²) in [5.74, 6) is 2.58. The van der Waals surface area contributed by atoms with Gasteiger partial charge in [0.15, 0.2) is 0 Å². The van der Waals surface area contributed by atoms with Crippen LogP contribution in [0.2, 0.25) is 0 Å². The first kappa shape index (κ1) is 17.2. The van der Waals surface area contributed by atoms with Crippen molar-refractivity contribution in [3.63, 3.8) is 0 Å². The van der Waals surface area contributed by atoms with Crippen LogP contribution < -0.4 is 10.1 Å². The zero-order valence-corrected chi connectivity index (χ0v) is 15.6. The topological polar surface area (TPSA) is 52.2 Å². The maximum Gasteiger partial charge on any atom is 0.204 e. The van der Waals surface area contributed by atoms with Crippen LogP contribution in [0.5, 0.6) is 5.75 Å². The van der Waals surface area contributed by atoms with Crippen molar-refractivity contribution in [3.05, 3.63) is 77.7 Å². The fourth-order valence-corrected chi connectivity index (χ4v) is 3.18. The van der Waals surface area contributed by atoms with E-state index < -0.39 is 0 Å². The molecule has 0 aliphatic rings. The zero-order valence-electron chi connectivity index (χ0n) is 15.6. The third kappa shape index (κ3) is 3.67. The minimum Gasteiger partial charge on any atom is -0.497 e. The Hall–Kier alpha value is -3.21. The van der Waals surface area contributed by atoms with Crippen LogP contribution in [0.1, 0.15) is 23.8 Å². The largest absolute Gasteiger partial charge is 0.497 e. The van der Waals surface area contributed by atoms with Crippen LogP contribution in [0.15, 0.2) is 65.3 Å². The lowest BCUT2D eigenvalue weighted by Crippen LogP contribution is -2.08. The van der Waals surface area contributed by atoms with Crippen LogP contribution in [-0.4, -0.2) is 16.7 Å². The van der Waals surface area contributed by atoms with E-state index in [1.807, 2.05) is 24.3 Å². The Morgan fingerprint density at radius 2 is 1.89 bits per heavy atom. The standard InChI is InChI=1S/C22H23N3O2/c1-3-16-8-11-21-20(13-16)24-22(23-14-19-5-4-12-27-19)25(21)15-17-6-9-18(26-2)10-7-17/h4-13H,3,14-15H2,1-2H3,(H,23,24). The third-order valence-electron chi connectivity index (χ3n) is 4.72. The van der Waals surface area contributed by atoms with Crippen molar-refractivity contribution >= 4 is 17.0 Å². The molecule has 0 unspecified atom stereocenters. The number of benzene rings is 2. The highest BCUT2D eigenvalue weighted by Crippen LogP contribution is 2.24. The lowest BCUT2D eigenvalue weighted by Gasteiger charge is -2.11. The van der Waals surface area contributed by atoms with Crippen molar-refractivity contribution in [2.75, 3.05) is 12.4 Å². The molecule has 0 amide bonds. The summed E-state index contributed by atoms with van der Waals surface area (Å²) in [5, 5.41) is 3.42. The average molecular weight is 361 g/mol. The maximum atomic E-state index is 5.44. The molecule has 4 aromatic rings. The van der Waals surface area contributed by atoms with Crippen LogP contribution in [0, 0.1) is 0 Å².